The van der Waals surface area contributed by atoms with E-state index in [1.807, 2.05) is 42.5 Å². The Morgan fingerprint density at radius 2 is 1.62 bits per heavy atom. The zero-order valence-electron chi connectivity index (χ0n) is 13.3. The highest BCUT2D eigenvalue weighted by atomic mass is 16.4. The molecule has 0 spiro atoms. The van der Waals surface area contributed by atoms with Gasteiger partial charge in [-0.1, -0.05) is 48.5 Å². The van der Waals surface area contributed by atoms with Gasteiger partial charge in [-0.2, -0.15) is 0 Å². The number of hydrogen-bond donors (Lipinski definition) is 1. The molecule has 2 unspecified atom stereocenters. The third-order valence-corrected chi connectivity index (χ3v) is 5.25. The second kappa shape index (κ2) is 5.78. The average Bonchev–Trinajstić information content (AvgIpc) is 3.04. The van der Waals surface area contributed by atoms with Crippen LogP contribution in [0.25, 0.3) is 0 Å². The molecule has 0 fully saturated rings. The summed E-state index contributed by atoms with van der Waals surface area (Å²) in [5.74, 6) is -1.20. The summed E-state index contributed by atoms with van der Waals surface area (Å²) < 4.78 is 0. The van der Waals surface area contributed by atoms with E-state index in [1.54, 1.807) is 4.90 Å². The fraction of sp³-hybridized carbons (Fsp3) is 0.300. The Hall–Kier alpha value is -2.62. The number of amides is 1. The topological polar surface area (TPSA) is 57.6 Å². The van der Waals surface area contributed by atoms with Crippen LogP contribution in [0.5, 0.6) is 0 Å². The van der Waals surface area contributed by atoms with Gasteiger partial charge in [0.2, 0.25) is 5.91 Å². The van der Waals surface area contributed by atoms with Crippen LogP contribution in [0, 0.1) is 0 Å². The lowest BCUT2D eigenvalue weighted by atomic mass is 9.91. The summed E-state index contributed by atoms with van der Waals surface area (Å²) in [6.07, 6.45) is 2.03. The Kier molecular flexibility index (Phi) is 3.60. The molecule has 4 rings (SSSR count). The van der Waals surface area contributed by atoms with Crippen molar-refractivity contribution in [3.05, 3.63) is 70.8 Å². The molecule has 0 aromatic heterocycles. The number of carboxylic acids is 1. The summed E-state index contributed by atoms with van der Waals surface area (Å²) >= 11 is 0. The van der Waals surface area contributed by atoms with Crippen molar-refractivity contribution in [1.29, 1.82) is 0 Å². The average molecular weight is 321 g/mol. The highest BCUT2D eigenvalue weighted by molar-refractivity contribution is 5.89. The molecular weight excluding hydrogens is 302 g/mol. The van der Waals surface area contributed by atoms with E-state index in [1.165, 1.54) is 5.56 Å². The number of aryl methyl sites for hydroxylation is 1. The predicted octanol–water partition coefficient (Wildman–Crippen LogP) is 2.75. The van der Waals surface area contributed by atoms with Gasteiger partial charge in [-0.3, -0.25) is 4.79 Å². The van der Waals surface area contributed by atoms with Gasteiger partial charge in [-0.15, -0.1) is 0 Å². The summed E-state index contributed by atoms with van der Waals surface area (Å²) in [5.41, 5.74) is 4.35. The van der Waals surface area contributed by atoms with Crippen molar-refractivity contribution in [2.24, 2.45) is 0 Å². The van der Waals surface area contributed by atoms with Crippen LogP contribution in [0.1, 0.15) is 34.6 Å². The van der Waals surface area contributed by atoms with E-state index in [0.717, 1.165) is 29.5 Å². The first-order chi connectivity index (χ1) is 11.6. The van der Waals surface area contributed by atoms with Crippen molar-refractivity contribution in [3.63, 3.8) is 0 Å². The maximum Gasteiger partial charge on any atom is 0.326 e. The van der Waals surface area contributed by atoms with Gasteiger partial charge in [0.1, 0.15) is 6.04 Å². The molecule has 1 amide bonds. The number of hydrogen-bond acceptors (Lipinski definition) is 2. The molecule has 0 bridgehead atoms. The Morgan fingerprint density at radius 1 is 0.958 bits per heavy atom. The van der Waals surface area contributed by atoms with Crippen molar-refractivity contribution in [2.45, 2.75) is 37.8 Å². The van der Waals surface area contributed by atoms with E-state index < -0.39 is 12.0 Å². The molecule has 122 valence electrons. The Balaban J connectivity index is 1.67. The summed E-state index contributed by atoms with van der Waals surface area (Å²) in [5, 5.41) is 9.63. The largest absolute Gasteiger partial charge is 0.480 e. The molecule has 4 nitrogen and oxygen atoms in total. The Bertz CT molecular complexity index is 814. The standard InChI is InChI=1S/C20H19NO3/c22-19(17-10-9-13-5-3-4-8-16(13)17)21-12-15-7-2-1-6-14(15)11-18(21)20(23)24/h1-8,17-18H,9-12H2,(H,23,24). The Morgan fingerprint density at radius 3 is 2.38 bits per heavy atom. The first-order valence-electron chi connectivity index (χ1n) is 8.33. The first kappa shape index (κ1) is 14.9. The Labute approximate surface area is 140 Å². The minimum atomic E-state index is -0.927. The minimum Gasteiger partial charge on any atom is -0.480 e. The molecule has 24 heavy (non-hydrogen) atoms. The molecule has 0 saturated heterocycles. The predicted molar refractivity (Wildman–Crippen MR) is 89.6 cm³/mol. The highest BCUT2D eigenvalue weighted by Crippen LogP contribution is 2.36. The van der Waals surface area contributed by atoms with E-state index in [-0.39, 0.29) is 11.8 Å². The molecule has 0 saturated carbocycles. The molecule has 2 atom stereocenters. The van der Waals surface area contributed by atoms with E-state index in [2.05, 4.69) is 6.07 Å². The molecule has 2 aliphatic rings. The van der Waals surface area contributed by atoms with Gasteiger partial charge in [0.25, 0.3) is 0 Å². The van der Waals surface area contributed by atoms with Gasteiger partial charge < -0.3 is 10.0 Å². The molecule has 1 N–H and O–H groups in total. The van der Waals surface area contributed by atoms with Crippen molar-refractivity contribution < 1.29 is 14.7 Å². The SMILES string of the molecule is O=C(O)C1Cc2ccccc2CN1C(=O)C1CCc2ccccc21. The molecule has 1 aliphatic heterocycles. The van der Waals surface area contributed by atoms with E-state index in [4.69, 9.17) is 0 Å². The van der Waals surface area contributed by atoms with Crippen molar-refractivity contribution in [3.8, 4) is 0 Å². The van der Waals surface area contributed by atoms with Gasteiger partial charge in [0.15, 0.2) is 0 Å². The van der Waals surface area contributed by atoms with Crippen LogP contribution < -0.4 is 0 Å². The monoisotopic (exact) mass is 321 g/mol. The molecule has 4 heteroatoms. The van der Waals surface area contributed by atoms with Gasteiger partial charge in [0.05, 0.1) is 5.92 Å². The number of fused-ring (bicyclic) bond motifs is 2. The maximum absolute atomic E-state index is 13.2. The lowest BCUT2D eigenvalue weighted by Crippen LogP contribution is -2.50. The van der Waals surface area contributed by atoms with E-state index in [0.29, 0.717) is 13.0 Å². The van der Waals surface area contributed by atoms with Gasteiger partial charge >= 0.3 is 5.97 Å². The van der Waals surface area contributed by atoms with Crippen LogP contribution in [0.3, 0.4) is 0 Å². The maximum atomic E-state index is 13.2. The summed E-state index contributed by atoms with van der Waals surface area (Å²) in [4.78, 5) is 26.5. The van der Waals surface area contributed by atoms with Gasteiger partial charge in [-0.25, -0.2) is 4.79 Å². The molecule has 1 heterocycles. The lowest BCUT2D eigenvalue weighted by molar-refractivity contribution is -0.152. The van der Waals surface area contributed by atoms with Crippen LogP contribution in [-0.4, -0.2) is 27.9 Å². The summed E-state index contributed by atoms with van der Waals surface area (Å²) in [6.45, 7) is 0.380. The zero-order valence-corrected chi connectivity index (χ0v) is 13.3. The van der Waals surface area contributed by atoms with Crippen LogP contribution in [-0.2, 0) is 29.0 Å². The zero-order chi connectivity index (χ0) is 16.7. The molecule has 2 aromatic carbocycles. The molecule has 0 radical (unpaired) electrons. The molecule has 2 aromatic rings. The van der Waals surface area contributed by atoms with Crippen molar-refractivity contribution in [2.75, 3.05) is 0 Å². The third kappa shape index (κ3) is 2.39. The second-order valence-electron chi connectivity index (χ2n) is 6.58. The first-order valence-corrected chi connectivity index (χ1v) is 8.33. The van der Waals surface area contributed by atoms with Crippen LogP contribution >= 0.6 is 0 Å². The number of benzene rings is 2. The molecular formula is C20H19NO3. The fourth-order valence-corrected chi connectivity index (χ4v) is 3.99. The minimum absolute atomic E-state index is 0.0538. The van der Waals surface area contributed by atoms with Gasteiger partial charge in [0, 0.05) is 13.0 Å². The smallest absolute Gasteiger partial charge is 0.326 e. The third-order valence-electron chi connectivity index (χ3n) is 5.25. The number of rotatable bonds is 2. The number of carbonyl (C=O) groups is 2. The highest BCUT2D eigenvalue weighted by Gasteiger charge is 2.39. The second-order valence-corrected chi connectivity index (χ2v) is 6.58. The van der Waals surface area contributed by atoms with E-state index >= 15 is 0 Å². The van der Waals surface area contributed by atoms with Crippen molar-refractivity contribution >= 4 is 11.9 Å². The van der Waals surface area contributed by atoms with Gasteiger partial charge in [-0.05, 0) is 35.1 Å². The quantitative estimate of drug-likeness (QED) is 0.925. The number of carbonyl (C=O) groups excluding carboxylic acids is 1. The van der Waals surface area contributed by atoms with Crippen LogP contribution in [0.4, 0.5) is 0 Å². The number of aliphatic carboxylic acids is 1. The van der Waals surface area contributed by atoms with Crippen molar-refractivity contribution in [1.82, 2.24) is 4.90 Å². The summed E-state index contributed by atoms with van der Waals surface area (Å²) in [7, 11) is 0. The fourth-order valence-electron chi connectivity index (χ4n) is 3.99. The molecule has 1 aliphatic carbocycles. The number of nitrogens with zero attached hydrogens (tertiary/aromatic N) is 1. The normalized spacial score (nSPS) is 21.9. The summed E-state index contributed by atoms with van der Waals surface area (Å²) in [6, 6.07) is 15.0. The lowest BCUT2D eigenvalue weighted by Gasteiger charge is -2.36. The van der Waals surface area contributed by atoms with Crippen LogP contribution in [0.2, 0.25) is 0 Å². The van der Waals surface area contributed by atoms with E-state index in [9.17, 15) is 14.7 Å². The van der Waals surface area contributed by atoms with Crippen LogP contribution in [0.15, 0.2) is 48.5 Å². The number of carboxylic acid groups (broad SMARTS) is 1.